The zero-order valence-electron chi connectivity index (χ0n) is 19.3. The number of halogens is 2. The minimum Gasteiger partial charge on any atom is -0.438 e. The number of para-hydroxylation sites is 1. The summed E-state index contributed by atoms with van der Waals surface area (Å²) in [5, 5.41) is 5.26. The van der Waals surface area contributed by atoms with Crippen LogP contribution in [0.3, 0.4) is 0 Å². The molecule has 1 aromatic heterocycles. The smallest absolute Gasteiger partial charge is 0.255 e. The Morgan fingerprint density at radius 2 is 1.83 bits per heavy atom. The zero-order chi connectivity index (χ0) is 24.4. The van der Waals surface area contributed by atoms with Crippen LogP contribution in [-0.4, -0.2) is 26.6 Å². The van der Waals surface area contributed by atoms with E-state index in [-0.39, 0.29) is 17.8 Å². The van der Waals surface area contributed by atoms with Crippen molar-refractivity contribution in [2.24, 2.45) is 0 Å². The first-order valence-corrected chi connectivity index (χ1v) is 12.1. The summed E-state index contributed by atoms with van der Waals surface area (Å²) in [5.41, 5.74) is 2.91. The van der Waals surface area contributed by atoms with E-state index in [1.165, 1.54) is 12.1 Å². The van der Waals surface area contributed by atoms with E-state index in [0.29, 0.717) is 35.2 Å². The Morgan fingerprint density at radius 3 is 2.51 bits per heavy atom. The van der Waals surface area contributed by atoms with Crippen molar-refractivity contribution >= 4 is 17.5 Å². The highest BCUT2D eigenvalue weighted by Gasteiger charge is 2.36. The highest BCUT2D eigenvalue weighted by molar-refractivity contribution is 6.33. The normalized spacial score (nSPS) is 13.0. The van der Waals surface area contributed by atoms with Crippen molar-refractivity contribution < 1.29 is 13.9 Å². The van der Waals surface area contributed by atoms with Gasteiger partial charge in [0.25, 0.3) is 5.91 Å². The van der Waals surface area contributed by atoms with Crippen molar-refractivity contribution in [2.75, 3.05) is 0 Å². The molecule has 1 aliphatic carbocycles. The SMILES string of the molecule is CCc1nn(-c2ccccc2)c(Oc2cccc(F)c2)c1CN(C(=O)c1ccccc1Cl)C1CC1. The third-order valence-corrected chi connectivity index (χ3v) is 6.38. The van der Waals surface area contributed by atoms with Crippen LogP contribution in [0.15, 0.2) is 78.9 Å². The molecule has 1 amide bonds. The molecule has 0 saturated heterocycles. The molecule has 0 spiro atoms. The second-order valence-corrected chi connectivity index (χ2v) is 8.94. The first-order valence-electron chi connectivity index (χ1n) is 11.7. The Hall–Kier alpha value is -3.64. The lowest BCUT2D eigenvalue weighted by molar-refractivity contribution is 0.0729. The van der Waals surface area contributed by atoms with E-state index < -0.39 is 0 Å². The molecule has 0 N–H and O–H groups in total. The summed E-state index contributed by atoms with van der Waals surface area (Å²) >= 11 is 6.36. The third kappa shape index (κ3) is 4.93. The molecule has 178 valence electrons. The summed E-state index contributed by atoms with van der Waals surface area (Å²) in [5.74, 6) is 0.320. The predicted molar refractivity (Wildman–Crippen MR) is 134 cm³/mol. The summed E-state index contributed by atoms with van der Waals surface area (Å²) in [6, 6.07) is 22.9. The average molecular weight is 490 g/mol. The van der Waals surface area contributed by atoms with Gasteiger partial charge in [-0.25, -0.2) is 9.07 Å². The lowest BCUT2D eigenvalue weighted by Gasteiger charge is -2.24. The molecule has 4 aromatic rings. The van der Waals surface area contributed by atoms with E-state index in [4.69, 9.17) is 21.4 Å². The van der Waals surface area contributed by atoms with Gasteiger partial charge in [0.2, 0.25) is 5.88 Å². The Morgan fingerprint density at radius 1 is 1.09 bits per heavy atom. The molecule has 0 bridgehead atoms. The van der Waals surface area contributed by atoms with Crippen molar-refractivity contribution in [3.05, 3.63) is 107 Å². The fourth-order valence-corrected chi connectivity index (χ4v) is 4.34. The van der Waals surface area contributed by atoms with Gasteiger partial charge in [0.15, 0.2) is 0 Å². The van der Waals surface area contributed by atoms with Crippen LogP contribution in [0.25, 0.3) is 5.69 Å². The van der Waals surface area contributed by atoms with Gasteiger partial charge in [-0.15, -0.1) is 0 Å². The van der Waals surface area contributed by atoms with Crippen LogP contribution in [0.1, 0.15) is 41.4 Å². The van der Waals surface area contributed by atoms with Crippen molar-refractivity contribution in [1.29, 1.82) is 0 Å². The average Bonchev–Trinajstić information content (AvgIpc) is 3.66. The summed E-state index contributed by atoms with van der Waals surface area (Å²) in [7, 11) is 0. The lowest BCUT2D eigenvalue weighted by Crippen LogP contribution is -2.33. The van der Waals surface area contributed by atoms with Crippen LogP contribution in [0.4, 0.5) is 4.39 Å². The van der Waals surface area contributed by atoms with Crippen LogP contribution in [0.2, 0.25) is 5.02 Å². The first-order chi connectivity index (χ1) is 17.0. The number of carbonyl (C=O) groups excluding carboxylic acids is 1. The quantitative estimate of drug-likeness (QED) is 0.272. The molecular formula is C28H25ClFN3O2. The number of amides is 1. The molecule has 1 saturated carbocycles. The van der Waals surface area contributed by atoms with Gasteiger partial charge in [0.1, 0.15) is 11.6 Å². The number of hydrogen-bond donors (Lipinski definition) is 0. The van der Waals surface area contributed by atoms with Gasteiger partial charge in [-0.1, -0.05) is 54.9 Å². The third-order valence-electron chi connectivity index (χ3n) is 6.05. The second-order valence-electron chi connectivity index (χ2n) is 8.53. The maximum Gasteiger partial charge on any atom is 0.255 e. The minimum absolute atomic E-state index is 0.121. The topological polar surface area (TPSA) is 47.4 Å². The minimum atomic E-state index is -0.390. The predicted octanol–water partition coefficient (Wildman–Crippen LogP) is 6.82. The molecule has 7 heteroatoms. The highest BCUT2D eigenvalue weighted by atomic mass is 35.5. The van der Waals surface area contributed by atoms with E-state index in [2.05, 4.69) is 0 Å². The number of nitrogens with zero attached hydrogens (tertiary/aromatic N) is 3. The molecule has 3 aromatic carbocycles. The Balaban J connectivity index is 1.59. The van der Waals surface area contributed by atoms with Gasteiger partial charge in [0, 0.05) is 12.1 Å². The number of benzene rings is 3. The van der Waals surface area contributed by atoms with Crippen LogP contribution in [0.5, 0.6) is 11.6 Å². The number of rotatable bonds is 8. The highest BCUT2D eigenvalue weighted by Crippen LogP contribution is 2.36. The van der Waals surface area contributed by atoms with Gasteiger partial charge in [0.05, 0.1) is 34.1 Å². The van der Waals surface area contributed by atoms with Crippen LogP contribution in [-0.2, 0) is 13.0 Å². The number of ether oxygens (including phenoxy) is 1. The van der Waals surface area contributed by atoms with Gasteiger partial charge in [-0.3, -0.25) is 4.79 Å². The van der Waals surface area contributed by atoms with E-state index >= 15 is 0 Å². The first kappa shape index (κ1) is 23.1. The largest absolute Gasteiger partial charge is 0.438 e. The monoisotopic (exact) mass is 489 g/mol. The Bertz CT molecular complexity index is 1350. The Labute approximate surface area is 208 Å². The summed E-state index contributed by atoms with van der Waals surface area (Å²) in [6.45, 7) is 2.33. The fourth-order valence-electron chi connectivity index (χ4n) is 4.12. The molecule has 5 rings (SSSR count). The van der Waals surface area contributed by atoms with Gasteiger partial charge in [-0.2, -0.15) is 5.10 Å². The second kappa shape index (κ2) is 9.92. The number of hydrogen-bond acceptors (Lipinski definition) is 3. The van der Waals surface area contributed by atoms with E-state index in [9.17, 15) is 9.18 Å². The standard InChI is InChI=1S/C28H25ClFN3O2/c1-2-26-24(18-32(20-15-16-20)27(34)23-13-6-7-14-25(23)29)28(35-22-12-8-9-19(30)17-22)33(31-26)21-10-4-3-5-11-21/h3-14,17,20H,2,15-16,18H2,1H3. The van der Waals surface area contributed by atoms with Crippen LogP contribution >= 0.6 is 11.6 Å². The van der Waals surface area contributed by atoms with Crippen LogP contribution in [0, 0.1) is 5.82 Å². The maximum absolute atomic E-state index is 14.0. The molecule has 5 nitrogen and oxygen atoms in total. The van der Waals surface area contributed by atoms with E-state index in [0.717, 1.165) is 29.8 Å². The maximum atomic E-state index is 14.0. The van der Waals surface area contributed by atoms with E-state index in [1.807, 2.05) is 54.3 Å². The Kier molecular flexibility index (Phi) is 6.55. The molecule has 35 heavy (non-hydrogen) atoms. The molecular weight excluding hydrogens is 465 g/mol. The fraction of sp³-hybridized carbons (Fsp3) is 0.214. The summed E-state index contributed by atoms with van der Waals surface area (Å²) in [6.07, 6.45) is 2.52. The van der Waals surface area contributed by atoms with E-state index in [1.54, 1.807) is 28.9 Å². The van der Waals surface area contributed by atoms with Gasteiger partial charge in [-0.05, 0) is 55.7 Å². The number of aryl methyl sites for hydroxylation is 1. The molecule has 1 aliphatic rings. The van der Waals surface area contributed by atoms with Gasteiger partial charge < -0.3 is 9.64 Å². The van der Waals surface area contributed by atoms with Crippen molar-refractivity contribution in [2.45, 2.75) is 38.8 Å². The molecule has 0 aliphatic heterocycles. The van der Waals surface area contributed by atoms with Crippen molar-refractivity contribution in [1.82, 2.24) is 14.7 Å². The van der Waals surface area contributed by atoms with Gasteiger partial charge >= 0.3 is 0 Å². The molecule has 1 fully saturated rings. The zero-order valence-corrected chi connectivity index (χ0v) is 20.1. The summed E-state index contributed by atoms with van der Waals surface area (Å²) in [4.78, 5) is 15.4. The molecule has 1 heterocycles. The lowest BCUT2D eigenvalue weighted by atomic mass is 10.1. The summed E-state index contributed by atoms with van der Waals surface area (Å²) < 4.78 is 21.9. The molecule has 0 atom stereocenters. The van der Waals surface area contributed by atoms with Crippen molar-refractivity contribution in [3.8, 4) is 17.3 Å². The number of carbonyl (C=O) groups is 1. The molecule has 0 radical (unpaired) electrons. The number of aromatic nitrogens is 2. The molecule has 0 unspecified atom stereocenters. The van der Waals surface area contributed by atoms with Crippen molar-refractivity contribution in [3.63, 3.8) is 0 Å². The van der Waals surface area contributed by atoms with Crippen LogP contribution < -0.4 is 4.74 Å².